The molecule has 1 heteroatoms. The first-order chi connectivity index (χ1) is 8.38. The van der Waals surface area contributed by atoms with E-state index in [0.29, 0.717) is 0 Å². The molecule has 4 bridgehead atoms. The van der Waals surface area contributed by atoms with E-state index in [2.05, 4.69) is 12.6 Å². The highest BCUT2D eigenvalue weighted by atomic mass is 32.1. The molecule has 0 aromatic carbocycles. The molecule has 0 radical (unpaired) electrons. The zero-order valence-electron chi connectivity index (χ0n) is 10.6. The lowest BCUT2D eigenvalue weighted by molar-refractivity contribution is 0.0519. The monoisotopic (exact) mass is 248 g/mol. The quantitative estimate of drug-likeness (QED) is 0.528. The predicted octanol–water partition coefficient (Wildman–Crippen LogP) is 3.87. The van der Waals surface area contributed by atoms with E-state index in [1.54, 1.807) is 38.5 Å². The normalized spacial score (nSPS) is 66.5. The molecule has 0 heterocycles. The lowest BCUT2D eigenvalue weighted by Crippen LogP contribution is -2.39. The van der Waals surface area contributed by atoms with Crippen LogP contribution in [0.5, 0.6) is 0 Å². The fraction of sp³-hybridized carbons (Fsp3) is 1.00. The number of fused-ring (bicyclic) bond motifs is 12. The first-order valence-corrected chi connectivity index (χ1v) is 8.62. The molecule has 0 aromatic heterocycles. The molecule has 5 rings (SSSR count). The van der Waals surface area contributed by atoms with Gasteiger partial charge >= 0.3 is 0 Å². The van der Waals surface area contributed by atoms with Gasteiger partial charge in [0.15, 0.2) is 0 Å². The molecule has 9 unspecified atom stereocenters. The van der Waals surface area contributed by atoms with Crippen molar-refractivity contribution < 1.29 is 0 Å². The van der Waals surface area contributed by atoms with Crippen molar-refractivity contribution in [2.45, 2.75) is 38.5 Å². The lowest BCUT2D eigenvalue weighted by atomic mass is 9.62. The van der Waals surface area contributed by atoms with Gasteiger partial charge in [-0.3, -0.25) is 0 Å². The molecule has 5 aliphatic carbocycles. The van der Waals surface area contributed by atoms with Crippen LogP contribution in [0.15, 0.2) is 0 Å². The molecule has 0 aromatic rings. The number of thiol groups is 1. The van der Waals surface area contributed by atoms with E-state index < -0.39 is 0 Å². The van der Waals surface area contributed by atoms with Crippen molar-refractivity contribution in [3.63, 3.8) is 0 Å². The third-order valence-corrected chi connectivity index (χ3v) is 8.23. The smallest absolute Gasteiger partial charge is 0.00666 e. The highest BCUT2D eigenvalue weighted by molar-refractivity contribution is 7.80. The Morgan fingerprint density at radius 2 is 1.53 bits per heavy atom. The summed E-state index contributed by atoms with van der Waals surface area (Å²) in [6, 6.07) is 0. The third kappa shape index (κ3) is 1.06. The minimum Gasteiger partial charge on any atom is -0.179 e. The van der Waals surface area contributed by atoms with Crippen LogP contribution in [-0.4, -0.2) is 5.75 Å². The average Bonchev–Trinajstić information content (AvgIpc) is 3.09. The van der Waals surface area contributed by atoms with Gasteiger partial charge in [-0.05, 0) is 91.1 Å². The van der Waals surface area contributed by atoms with Crippen LogP contribution in [0.25, 0.3) is 0 Å². The molecular formula is C16H24S. The van der Waals surface area contributed by atoms with Crippen molar-refractivity contribution in [3.05, 3.63) is 0 Å². The number of hydrogen-bond acceptors (Lipinski definition) is 1. The maximum atomic E-state index is 4.62. The molecule has 17 heavy (non-hydrogen) atoms. The van der Waals surface area contributed by atoms with Gasteiger partial charge in [-0.2, -0.15) is 12.6 Å². The van der Waals surface area contributed by atoms with Crippen molar-refractivity contribution in [2.75, 3.05) is 5.75 Å². The first kappa shape index (κ1) is 10.2. The maximum absolute atomic E-state index is 4.62. The van der Waals surface area contributed by atoms with E-state index in [1.165, 1.54) is 41.3 Å². The average molecular weight is 248 g/mol. The zero-order chi connectivity index (χ0) is 11.1. The van der Waals surface area contributed by atoms with Crippen LogP contribution in [0.1, 0.15) is 38.5 Å². The molecule has 5 saturated carbocycles. The summed E-state index contributed by atoms with van der Waals surface area (Å²) in [5.41, 5.74) is 0. The van der Waals surface area contributed by atoms with E-state index in [9.17, 15) is 0 Å². The summed E-state index contributed by atoms with van der Waals surface area (Å²) < 4.78 is 0. The Balaban J connectivity index is 1.52. The Morgan fingerprint density at radius 3 is 2.29 bits per heavy atom. The summed E-state index contributed by atoms with van der Waals surface area (Å²) in [5, 5.41) is 0. The Bertz CT molecular complexity index is 351. The molecule has 5 fully saturated rings. The summed E-state index contributed by atoms with van der Waals surface area (Å²) >= 11 is 4.62. The van der Waals surface area contributed by atoms with E-state index in [-0.39, 0.29) is 0 Å². The fourth-order valence-corrected chi connectivity index (χ4v) is 8.08. The molecule has 0 nitrogen and oxygen atoms in total. The van der Waals surface area contributed by atoms with Gasteiger partial charge in [0.05, 0.1) is 0 Å². The minimum atomic E-state index is 1.00. The van der Waals surface area contributed by atoms with Gasteiger partial charge in [0.2, 0.25) is 0 Å². The lowest BCUT2D eigenvalue weighted by Gasteiger charge is -2.43. The van der Waals surface area contributed by atoms with Crippen LogP contribution >= 0.6 is 12.6 Å². The Kier molecular flexibility index (Phi) is 1.95. The van der Waals surface area contributed by atoms with E-state index in [1.807, 2.05) is 0 Å². The maximum Gasteiger partial charge on any atom is -0.00666 e. The van der Waals surface area contributed by atoms with Gasteiger partial charge < -0.3 is 0 Å². The summed E-state index contributed by atoms with van der Waals surface area (Å²) in [4.78, 5) is 0. The largest absolute Gasteiger partial charge is 0.179 e. The third-order valence-electron chi connectivity index (χ3n) is 7.76. The van der Waals surface area contributed by atoms with Crippen LogP contribution in [0.2, 0.25) is 0 Å². The van der Waals surface area contributed by atoms with Crippen LogP contribution in [0, 0.1) is 53.3 Å². The van der Waals surface area contributed by atoms with Crippen molar-refractivity contribution >= 4 is 12.6 Å². The molecule has 0 aliphatic heterocycles. The van der Waals surface area contributed by atoms with Crippen LogP contribution in [0.4, 0.5) is 0 Å². The van der Waals surface area contributed by atoms with E-state index in [4.69, 9.17) is 0 Å². The van der Waals surface area contributed by atoms with Crippen molar-refractivity contribution in [1.29, 1.82) is 0 Å². The highest BCUT2D eigenvalue weighted by Crippen LogP contribution is 2.73. The van der Waals surface area contributed by atoms with Gasteiger partial charge in [0.25, 0.3) is 0 Å². The summed E-state index contributed by atoms with van der Waals surface area (Å²) in [7, 11) is 0. The van der Waals surface area contributed by atoms with Crippen molar-refractivity contribution in [2.24, 2.45) is 53.3 Å². The van der Waals surface area contributed by atoms with Gasteiger partial charge in [0, 0.05) is 0 Å². The van der Waals surface area contributed by atoms with Crippen LogP contribution < -0.4 is 0 Å². The van der Waals surface area contributed by atoms with E-state index >= 15 is 0 Å². The number of hydrogen-bond donors (Lipinski definition) is 1. The highest BCUT2D eigenvalue weighted by Gasteiger charge is 2.67. The Labute approximate surface area is 110 Å². The summed E-state index contributed by atoms with van der Waals surface area (Å²) in [6.45, 7) is 0. The van der Waals surface area contributed by atoms with E-state index in [0.717, 1.165) is 17.8 Å². The molecule has 0 saturated heterocycles. The molecule has 9 atom stereocenters. The van der Waals surface area contributed by atoms with Crippen LogP contribution in [-0.2, 0) is 0 Å². The predicted molar refractivity (Wildman–Crippen MR) is 73.0 cm³/mol. The number of rotatable bonds is 1. The van der Waals surface area contributed by atoms with Crippen molar-refractivity contribution in [3.8, 4) is 0 Å². The SMILES string of the molecule is SCC1CC2CC1C1C3CC(C4CCCC43)C21. The molecule has 0 spiro atoms. The molecule has 94 valence electrons. The first-order valence-electron chi connectivity index (χ1n) is 7.99. The minimum absolute atomic E-state index is 1.00. The molecular weight excluding hydrogens is 224 g/mol. The summed E-state index contributed by atoms with van der Waals surface area (Å²) in [6.07, 6.45) is 9.56. The molecule has 0 N–H and O–H groups in total. The van der Waals surface area contributed by atoms with Crippen LogP contribution in [0.3, 0.4) is 0 Å². The topological polar surface area (TPSA) is 0 Å². The second-order valence-electron chi connectivity index (χ2n) is 7.81. The second kappa shape index (κ2) is 3.26. The fourth-order valence-electron chi connectivity index (χ4n) is 7.66. The zero-order valence-corrected chi connectivity index (χ0v) is 11.5. The molecule has 5 aliphatic rings. The Hall–Kier alpha value is 0.350. The van der Waals surface area contributed by atoms with Gasteiger partial charge in [-0.15, -0.1) is 0 Å². The molecule has 0 amide bonds. The van der Waals surface area contributed by atoms with Crippen molar-refractivity contribution in [1.82, 2.24) is 0 Å². The summed E-state index contributed by atoms with van der Waals surface area (Å²) in [5.74, 6) is 11.5. The standard InChI is InChI=1S/C16H24S/c17-7-9-4-8-5-12(9)16-14-6-13(15(8)16)10-2-1-3-11(10)14/h8-17H,1-7H2. The van der Waals surface area contributed by atoms with Gasteiger partial charge in [-0.25, -0.2) is 0 Å². The van der Waals surface area contributed by atoms with Gasteiger partial charge in [-0.1, -0.05) is 6.42 Å². The Morgan fingerprint density at radius 1 is 0.765 bits per heavy atom. The van der Waals surface area contributed by atoms with Gasteiger partial charge in [0.1, 0.15) is 0 Å². The second-order valence-corrected chi connectivity index (χ2v) is 8.18.